The zero-order valence-corrected chi connectivity index (χ0v) is 15.8. The van der Waals surface area contributed by atoms with E-state index in [-0.39, 0.29) is 18.0 Å². The average molecular weight is 361 g/mol. The summed E-state index contributed by atoms with van der Waals surface area (Å²) in [5.41, 5.74) is 4.10. The van der Waals surface area contributed by atoms with E-state index in [1.54, 1.807) is 10.9 Å². The van der Waals surface area contributed by atoms with Gasteiger partial charge >= 0.3 is 0 Å². The Labute approximate surface area is 158 Å². The van der Waals surface area contributed by atoms with Gasteiger partial charge in [0.1, 0.15) is 0 Å². The maximum Gasteiger partial charge on any atom is 0.277 e. The Morgan fingerprint density at radius 3 is 2.67 bits per heavy atom. The fourth-order valence-electron chi connectivity index (χ4n) is 3.43. The standard InChI is InChI=1S/C21H23N5O/c1-14-7-6-8-18(13-14)26-16(3)20(23-24-26)21(27)25(17-10-11-17)15(2)19-9-4-5-12-22-19/h4-9,12-13,15,17H,10-11H2,1-3H3. The van der Waals surface area contributed by atoms with Gasteiger partial charge in [-0.3, -0.25) is 9.78 Å². The van der Waals surface area contributed by atoms with Crippen molar-refractivity contribution in [2.75, 3.05) is 0 Å². The molecule has 1 aliphatic rings. The number of rotatable bonds is 5. The van der Waals surface area contributed by atoms with Crippen LogP contribution in [0.5, 0.6) is 0 Å². The molecular weight excluding hydrogens is 338 g/mol. The van der Waals surface area contributed by atoms with Crippen LogP contribution in [-0.2, 0) is 0 Å². The average Bonchev–Trinajstić information content (AvgIpc) is 3.43. The van der Waals surface area contributed by atoms with E-state index in [1.807, 2.05) is 68.1 Å². The third kappa shape index (κ3) is 3.35. The van der Waals surface area contributed by atoms with Crippen molar-refractivity contribution in [3.8, 4) is 5.69 Å². The van der Waals surface area contributed by atoms with E-state index in [2.05, 4.69) is 15.3 Å². The molecule has 0 aliphatic heterocycles. The second-order valence-electron chi connectivity index (χ2n) is 7.15. The van der Waals surface area contributed by atoms with Crippen LogP contribution >= 0.6 is 0 Å². The largest absolute Gasteiger partial charge is 0.326 e. The monoisotopic (exact) mass is 361 g/mol. The topological polar surface area (TPSA) is 63.9 Å². The molecule has 4 rings (SSSR count). The Morgan fingerprint density at radius 2 is 2.00 bits per heavy atom. The predicted molar refractivity (Wildman–Crippen MR) is 103 cm³/mol. The number of hydrogen-bond acceptors (Lipinski definition) is 4. The van der Waals surface area contributed by atoms with Gasteiger partial charge in [0.25, 0.3) is 5.91 Å². The first-order valence-corrected chi connectivity index (χ1v) is 9.29. The van der Waals surface area contributed by atoms with Gasteiger partial charge in [-0.2, -0.15) is 0 Å². The molecule has 1 unspecified atom stereocenters. The summed E-state index contributed by atoms with van der Waals surface area (Å²) in [4.78, 5) is 19.7. The number of carbonyl (C=O) groups excluding carboxylic acids is 1. The molecule has 6 heteroatoms. The minimum Gasteiger partial charge on any atom is -0.326 e. The molecule has 3 aromatic rings. The summed E-state index contributed by atoms with van der Waals surface area (Å²) in [6, 6.07) is 14.0. The number of aryl methyl sites for hydroxylation is 1. The molecule has 1 atom stereocenters. The van der Waals surface area contributed by atoms with Crippen LogP contribution in [0.15, 0.2) is 48.7 Å². The van der Waals surface area contributed by atoms with Crippen molar-refractivity contribution in [3.63, 3.8) is 0 Å². The van der Waals surface area contributed by atoms with Crippen LogP contribution in [0.4, 0.5) is 0 Å². The third-order valence-corrected chi connectivity index (χ3v) is 5.05. The summed E-state index contributed by atoms with van der Waals surface area (Å²) in [7, 11) is 0. The molecule has 0 spiro atoms. The van der Waals surface area contributed by atoms with E-state index in [9.17, 15) is 4.79 Å². The van der Waals surface area contributed by atoms with E-state index in [1.165, 1.54) is 0 Å². The number of benzene rings is 1. The molecule has 1 amide bonds. The van der Waals surface area contributed by atoms with E-state index >= 15 is 0 Å². The Kier molecular flexibility index (Phi) is 4.48. The molecule has 2 aromatic heterocycles. The van der Waals surface area contributed by atoms with Gasteiger partial charge in [0.05, 0.1) is 23.1 Å². The van der Waals surface area contributed by atoms with Crippen molar-refractivity contribution in [1.29, 1.82) is 0 Å². The van der Waals surface area contributed by atoms with E-state index in [4.69, 9.17) is 0 Å². The zero-order chi connectivity index (χ0) is 19.0. The Balaban J connectivity index is 1.67. The maximum absolute atomic E-state index is 13.4. The molecule has 1 fully saturated rings. The smallest absolute Gasteiger partial charge is 0.277 e. The highest BCUT2D eigenvalue weighted by Crippen LogP contribution is 2.35. The molecule has 0 radical (unpaired) electrons. The zero-order valence-electron chi connectivity index (χ0n) is 15.8. The molecule has 0 N–H and O–H groups in total. The number of hydrogen-bond donors (Lipinski definition) is 0. The molecule has 1 aromatic carbocycles. The number of carbonyl (C=O) groups is 1. The normalized spacial score (nSPS) is 14.8. The highest BCUT2D eigenvalue weighted by Gasteiger charge is 2.38. The minimum absolute atomic E-state index is 0.0768. The molecule has 138 valence electrons. The Morgan fingerprint density at radius 1 is 1.19 bits per heavy atom. The summed E-state index contributed by atoms with van der Waals surface area (Å²) in [5.74, 6) is -0.0768. The first-order valence-electron chi connectivity index (χ1n) is 9.29. The van der Waals surface area contributed by atoms with Crippen LogP contribution < -0.4 is 0 Å². The van der Waals surface area contributed by atoms with Gasteiger partial charge in [0.15, 0.2) is 5.69 Å². The second-order valence-corrected chi connectivity index (χ2v) is 7.15. The Hall–Kier alpha value is -3.02. The highest BCUT2D eigenvalue weighted by atomic mass is 16.2. The fraction of sp³-hybridized carbons (Fsp3) is 0.333. The summed E-state index contributed by atoms with van der Waals surface area (Å²) < 4.78 is 1.73. The maximum atomic E-state index is 13.4. The van der Waals surface area contributed by atoms with Crippen LogP contribution in [0.25, 0.3) is 5.69 Å². The van der Waals surface area contributed by atoms with Crippen LogP contribution in [0.2, 0.25) is 0 Å². The van der Waals surface area contributed by atoms with Crippen molar-refractivity contribution in [3.05, 3.63) is 71.3 Å². The summed E-state index contributed by atoms with van der Waals surface area (Å²) in [6.45, 7) is 5.95. The van der Waals surface area contributed by atoms with Gasteiger partial charge in [-0.15, -0.1) is 5.10 Å². The number of nitrogens with zero attached hydrogens (tertiary/aromatic N) is 5. The van der Waals surface area contributed by atoms with Gasteiger partial charge < -0.3 is 4.90 Å². The minimum atomic E-state index is -0.102. The second kappa shape index (κ2) is 6.95. The van der Waals surface area contributed by atoms with E-state index in [0.29, 0.717) is 5.69 Å². The quantitative estimate of drug-likeness (QED) is 0.696. The highest BCUT2D eigenvalue weighted by molar-refractivity contribution is 5.94. The van der Waals surface area contributed by atoms with Crippen LogP contribution in [0.1, 0.15) is 53.2 Å². The molecule has 0 bridgehead atoms. The molecule has 6 nitrogen and oxygen atoms in total. The lowest BCUT2D eigenvalue weighted by Crippen LogP contribution is -2.36. The van der Waals surface area contributed by atoms with Gasteiger partial charge in [0.2, 0.25) is 0 Å². The fourth-order valence-corrected chi connectivity index (χ4v) is 3.43. The first kappa shape index (κ1) is 17.4. The first-order chi connectivity index (χ1) is 13.1. The van der Waals surface area contributed by atoms with Gasteiger partial charge in [0, 0.05) is 12.2 Å². The lowest BCUT2D eigenvalue weighted by molar-refractivity contribution is 0.0663. The summed E-state index contributed by atoms with van der Waals surface area (Å²) >= 11 is 0. The van der Waals surface area contributed by atoms with E-state index < -0.39 is 0 Å². The van der Waals surface area contributed by atoms with Crippen molar-refractivity contribution in [2.24, 2.45) is 0 Å². The van der Waals surface area contributed by atoms with Crippen molar-refractivity contribution >= 4 is 5.91 Å². The van der Waals surface area contributed by atoms with Gasteiger partial charge in [-0.1, -0.05) is 23.4 Å². The number of amides is 1. The number of pyridine rings is 1. The third-order valence-electron chi connectivity index (χ3n) is 5.05. The van der Waals surface area contributed by atoms with Crippen LogP contribution in [0, 0.1) is 13.8 Å². The summed E-state index contributed by atoms with van der Waals surface area (Å²) in [5, 5.41) is 8.48. The SMILES string of the molecule is Cc1cccc(-n2nnc(C(=O)N(C3CC3)C(C)c3ccccn3)c2C)c1. The Bertz CT molecular complexity index is 962. The molecule has 1 saturated carbocycles. The lowest BCUT2D eigenvalue weighted by Gasteiger charge is -2.28. The van der Waals surface area contributed by atoms with E-state index in [0.717, 1.165) is 35.5 Å². The van der Waals surface area contributed by atoms with Crippen LogP contribution in [-0.4, -0.2) is 36.8 Å². The summed E-state index contributed by atoms with van der Waals surface area (Å²) in [6.07, 6.45) is 3.81. The lowest BCUT2D eigenvalue weighted by atomic mass is 10.1. The molecule has 2 heterocycles. The molecule has 0 saturated heterocycles. The van der Waals surface area contributed by atoms with Gasteiger partial charge in [-0.25, -0.2) is 4.68 Å². The molecule has 1 aliphatic carbocycles. The molecular formula is C21H23N5O. The predicted octanol–water partition coefficient (Wildman–Crippen LogP) is 3.64. The van der Waals surface area contributed by atoms with Crippen molar-refractivity contribution in [1.82, 2.24) is 24.9 Å². The van der Waals surface area contributed by atoms with Crippen molar-refractivity contribution < 1.29 is 4.79 Å². The van der Waals surface area contributed by atoms with Gasteiger partial charge in [-0.05, 0) is 63.4 Å². The van der Waals surface area contributed by atoms with Crippen LogP contribution in [0.3, 0.4) is 0 Å². The molecule has 27 heavy (non-hydrogen) atoms. The number of aromatic nitrogens is 4. The van der Waals surface area contributed by atoms with Crippen molar-refractivity contribution in [2.45, 2.75) is 45.7 Å².